The summed E-state index contributed by atoms with van der Waals surface area (Å²) in [7, 11) is 3.94. The zero-order chi connectivity index (χ0) is 16.4. The first-order chi connectivity index (χ1) is 11.0. The van der Waals surface area contributed by atoms with Crippen LogP contribution in [0.1, 0.15) is 28.8 Å². The van der Waals surface area contributed by atoms with Crippen molar-refractivity contribution in [3.63, 3.8) is 0 Å². The number of amides is 1. The molecule has 0 saturated heterocycles. The number of benzene rings is 2. The number of nitrogens with one attached hydrogen (secondary N) is 1. The molecule has 120 valence electrons. The molecule has 23 heavy (non-hydrogen) atoms. The fraction of sp³-hybridized carbons (Fsp3) is 0.316. The lowest BCUT2D eigenvalue weighted by atomic mass is 9.96. The van der Waals surface area contributed by atoms with Gasteiger partial charge in [0, 0.05) is 42.3 Å². The fourth-order valence-corrected chi connectivity index (χ4v) is 3.00. The van der Waals surface area contributed by atoms with Crippen molar-refractivity contribution in [3.8, 4) is 0 Å². The molecule has 1 N–H and O–H groups in total. The van der Waals surface area contributed by atoms with Crippen LogP contribution in [0.3, 0.4) is 0 Å². The molecular formula is C19H21ClN2O. The van der Waals surface area contributed by atoms with Crippen LogP contribution < -0.4 is 10.2 Å². The second-order valence-corrected chi connectivity index (χ2v) is 6.85. The van der Waals surface area contributed by atoms with Gasteiger partial charge in [-0.05, 0) is 48.7 Å². The summed E-state index contributed by atoms with van der Waals surface area (Å²) in [6.45, 7) is 0.651. The van der Waals surface area contributed by atoms with Crippen molar-refractivity contribution in [2.24, 2.45) is 0 Å². The fourth-order valence-electron chi connectivity index (χ4n) is 2.81. The Hall–Kier alpha value is -2.00. The van der Waals surface area contributed by atoms with Crippen molar-refractivity contribution in [2.75, 3.05) is 25.5 Å². The van der Waals surface area contributed by atoms with Gasteiger partial charge in [0.2, 0.25) is 0 Å². The van der Waals surface area contributed by atoms with E-state index in [1.165, 1.54) is 5.56 Å². The molecule has 0 bridgehead atoms. The van der Waals surface area contributed by atoms with Crippen LogP contribution in [0.25, 0.3) is 0 Å². The number of hydrogen-bond donors (Lipinski definition) is 1. The molecule has 0 aliphatic heterocycles. The number of carbonyl (C=O) groups excluding carboxylic acids is 1. The molecule has 3 nitrogen and oxygen atoms in total. The Balaban J connectivity index is 1.69. The first kappa shape index (κ1) is 15.9. The molecule has 0 radical (unpaired) electrons. The third-order valence-electron chi connectivity index (χ3n) is 4.50. The van der Waals surface area contributed by atoms with E-state index in [4.69, 9.17) is 11.6 Å². The molecule has 0 unspecified atom stereocenters. The molecule has 0 heterocycles. The summed E-state index contributed by atoms with van der Waals surface area (Å²) in [6.07, 6.45) is 2.18. The zero-order valence-corrected chi connectivity index (χ0v) is 14.2. The van der Waals surface area contributed by atoms with Crippen LogP contribution in [0.15, 0.2) is 48.5 Å². The Bertz CT molecular complexity index is 723. The normalized spacial score (nSPS) is 15.1. The average molecular weight is 329 g/mol. The predicted octanol–water partition coefficient (Wildman–Crippen LogP) is 3.87. The van der Waals surface area contributed by atoms with Crippen LogP contribution in [-0.4, -0.2) is 26.5 Å². The first-order valence-electron chi connectivity index (χ1n) is 7.82. The highest BCUT2D eigenvalue weighted by Crippen LogP contribution is 2.48. The molecule has 0 spiro atoms. The summed E-state index contributed by atoms with van der Waals surface area (Å²) in [5.41, 5.74) is 2.98. The smallest absolute Gasteiger partial charge is 0.251 e. The maximum atomic E-state index is 12.4. The summed E-state index contributed by atoms with van der Waals surface area (Å²) in [4.78, 5) is 14.4. The minimum Gasteiger partial charge on any atom is -0.378 e. The van der Waals surface area contributed by atoms with Crippen LogP contribution in [0, 0.1) is 0 Å². The molecule has 1 saturated carbocycles. The van der Waals surface area contributed by atoms with Crippen molar-refractivity contribution < 1.29 is 4.79 Å². The second-order valence-electron chi connectivity index (χ2n) is 6.42. The molecule has 2 aromatic carbocycles. The molecular weight excluding hydrogens is 308 g/mol. The van der Waals surface area contributed by atoms with Crippen LogP contribution in [0.5, 0.6) is 0 Å². The summed E-state index contributed by atoms with van der Waals surface area (Å²) in [5.74, 6) is -0.0259. The summed E-state index contributed by atoms with van der Waals surface area (Å²) in [5, 5.41) is 3.83. The van der Waals surface area contributed by atoms with Gasteiger partial charge in [0.1, 0.15) is 0 Å². The summed E-state index contributed by atoms with van der Waals surface area (Å²) in [6, 6.07) is 15.6. The van der Waals surface area contributed by atoms with Crippen LogP contribution >= 0.6 is 11.6 Å². The molecule has 1 aliphatic rings. The van der Waals surface area contributed by atoms with E-state index >= 15 is 0 Å². The maximum Gasteiger partial charge on any atom is 0.251 e. The van der Waals surface area contributed by atoms with Crippen LogP contribution in [0.2, 0.25) is 5.02 Å². The Labute approximate surface area is 142 Å². The van der Waals surface area contributed by atoms with Crippen molar-refractivity contribution in [3.05, 3.63) is 64.7 Å². The van der Waals surface area contributed by atoms with Gasteiger partial charge in [-0.1, -0.05) is 29.8 Å². The molecule has 0 aromatic heterocycles. The number of rotatable bonds is 5. The molecule has 2 aromatic rings. The van der Waals surface area contributed by atoms with Gasteiger partial charge in [0.25, 0.3) is 5.91 Å². The van der Waals surface area contributed by atoms with Gasteiger partial charge < -0.3 is 10.2 Å². The highest BCUT2D eigenvalue weighted by molar-refractivity contribution is 6.30. The highest BCUT2D eigenvalue weighted by atomic mass is 35.5. The van der Waals surface area contributed by atoms with Gasteiger partial charge in [0.15, 0.2) is 0 Å². The van der Waals surface area contributed by atoms with Gasteiger partial charge >= 0.3 is 0 Å². The molecule has 1 amide bonds. The SMILES string of the molecule is CN(C)c1cccc(C(=O)NCC2(c3cccc(Cl)c3)CC2)c1. The van der Waals surface area contributed by atoms with Gasteiger partial charge in [-0.3, -0.25) is 4.79 Å². The lowest BCUT2D eigenvalue weighted by Gasteiger charge is -2.18. The van der Waals surface area contributed by atoms with E-state index in [9.17, 15) is 4.79 Å². The van der Waals surface area contributed by atoms with Crippen molar-refractivity contribution >= 4 is 23.2 Å². The predicted molar refractivity (Wildman–Crippen MR) is 95.5 cm³/mol. The van der Waals surface area contributed by atoms with E-state index in [0.717, 1.165) is 23.6 Å². The minimum absolute atomic E-state index is 0.0259. The number of halogens is 1. The summed E-state index contributed by atoms with van der Waals surface area (Å²) >= 11 is 6.09. The molecule has 1 aliphatic carbocycles. The largest absolute Gasteiger partial charge is 0.378 e. The van der Waals surface area contributed by atoms with Crippen molar-refractivity contribution in [2.45, 2.75) is 18.3 Å². The van der Waals surface area contributed by atoms with Crippen LogP contribution in [-0.2, 0) is 5.41 Å². The number of nitrogens with zero attached hydrogens (tertiary/aromatic N) is 1. The number of carbonyl (C=O) groups is 1. The van der Waals surface area contributed by atoms with Gasteiger partial charge in [-0.25, -0.2) is 0 Å². The van der Waals surface area contributed by atoms with E-state index in [1.54, 1.807) is 0 Å². The molecule has 3 rings (SSSR count). The molecule has 4 heteroatoms. The lowest BCUT2D eigenvalue weighted by Crippen LogP contribution is -2.32. The standard InChI is InChI=1S/C19H21ClN2O/c1-22(2)17-8-3-5-14(11-17)18(23)21-13-19(9-10-19)15-6-4-7-16(20)12-15/h3-8,11-12H,9-10,13H2,1-2H3,(H,21,23). The Morgan fingerprint density at radius 2 is 1.91 bits per heavy atom. The monoisotopic (exact) mass is 328 g/mol. The quantitative estimate of drug-likeness (QED) is 0.903. The van der Waals surface area contributed by atoms with E-state index in [2.05, 4.69) is 11.4 Å². The zero-order valence-electron chi connectivity index (χ0n) is 13.5. The van der Waals surface area contributed by atoms with Crippen LogP contribution in [0.4, 0.5) is 5.69 Å². The Morgan fingerprint density at radius 3 is 2.57 bits per heavy atom. The maximum absolute atomic E-state index is 12.4. The molecule has 0 atom stereocenters. The topological polar surface area (TPSA) is 32.3 Å². The average Bonchev–Trinajstić information content (AvgIpc) is 3.34. The molecule has 1 fully saturated rings. The van der Waals surface area contributed by atoms with Gasteiger partial charge in [-0.2, -0.15) is 0 Å². The Morgan fingerprint density at radius 1 is 1.17 bits per heavy atom. The van der Waals surface area contributed by atoms with Crippen molar-refractivity contribution in [1.29, 1.82) is 0 Å². The third-order valence-corrected chi connectivity index (χ3v) is 4.74. The number of hydrogen-bond acceptors (Lipinski definition) is 2. The van der Waals surface area contributed by atoms with E-state index in [0.29, 0.717) is 12.1 Å². The first-order valence-corrected chi connectivity index (χ1v) is 8.20. The van der Waals surface area contributed by atoms with E-state index in [-0.39, 0.29) is 11.3 Å². The van der Waals surface area contributed by atoms with Gasteiger partial charge in [-0.15, -0.1) is 0 Å². The number of anilines is 1. The van der Waals surface area contributed by atoms with E-state index < -0.39 is 0 Å². The minimum atomic E-state index is -0.0259. The Kier molecular flexibility index (Phi) is 4.31. The van der Waals surface area contributed by atoms with E-state index in [1.807, 2.05) is 61.5 Å². The second kappa shape index (κ2) is 6.25. The summed E-state index contributed by atoms with van der Waals surface area (Å²) < 4.78 is 0. The lowest BCUT2D eigenvalue weighted by molar-refractivity contribution is 0.0949. The third kappa shape index (κ3) is 3.50. The van der Waals surface area contributed by atoms with Crippen molar-refractivity contribution in [1.82, 2.24) is 5.32 Å². The highest BCUT2D eigenvalue weighted by Gasteiger charge is 2.44. The van der Waals surface area contributed by atoms with Gasteiger partial charge in [0.05, 0.1) is 0 Å².